The number of hydrogen-bond donors (Lipinski definition) is 0. The molecule has 1 aromatic carbocycles. The summed E-state index contributed by atoms with van der Waals surface area (Å²) in [6.45, 7) is 0. The van der Waals surface area contributed by atoms with E-state index in [-0.39, 0.29) is 11.7 Å². The van der Waals surface area contributed by atoms with E-state index in [0.29, 0.717) is 0 Å². The van der Waals surface area contributed by atoms with Crippen LogP contribution in [0.3, 0.4) is 0 Å². The molecule has 0 spiro atoms. The summed E-state index contributed by atoms with van der Waals surface area (Å²) in [5, 5.41) is 2.08. The van der Waals surface area contributed by atoms with Crippen LogP contribution in [0.25, 0.3) is 10.8 Å². The molecule has 17 heavy (non-hydrogen) atoms. The maximum absolute atomic E-state index is 12.4. The lowest BCUT2D eigenvalue weighted by Gasteiger charge is -2.09. The molecule has 0 N–H and O–H groups in total. The molecule has 1 aromatic heterocycles. The van der Waals surface area contributed by atoms with E-state index in [1.54, 1.807) is 12.4 Å². The van der Waals surface area contributed by atoms with Crippen molar-refractivity contribution in [2.45, 2.75) is 6.42 Å². The van der Waals surface area contributed by atoms with Crippen LogP contribution in [0.5, 0.6) is 0 Å². The fourth-order valence-corrected chi connectivity index (χ4v) is 3.51. The predicted octanol–water partition coefficient (Wildman–Crippen LogP) is 3.17. The van der Waals surface area contributed by atoms with Gasteiger partial charge in [0.25, 0.3) is 0 Å². The number of rotatable bonds is 2. The molecule has 0 radical (unpaired) electrons. The number of hydrogen-bond acceptors (Lipinski definition) is 3. The minimum atomic E-state index is 0.200. The third-order valence-electron chi connectivity index (χ3n) is 3.25. The number of aromatic nitrogens is 1. The van der Waals surface area contributed by atoms with Gasteiger partial charge in [-0.3, -0.25) is 9.78 Å². The standard InChI is InChI=1S/C14H13NOS/c16-14(11-5-7-17-9-11)12-3-1-2-10-4-6-15-8-13(10)12/h1-4,6,8,11H,5,7,9H2. The summed E-state index contributed by atoms with van der Waals surface area (Å²) in [5.74, 6) is 2.56. The van der Waals surface area contributed by atoms with E-state index in [1.807, 2.05) is 36.0 Å². The highest BCUT2D eigenvalue weighted by Crippen LogP contribution is 2.29. The first-order chi connectivity index (χ1) is 8.36. The van der Waals surface area contributed by atoms with Crippen molar-refractivity contribution >= 4 is 28.3 Å². The molecule has 1 fully saturated rings. The van der Waals surface area contributed by atoms with Gasteiger partial charge in [0.1, 0.15) is 0 Å². The fourth-order valence-electron chi connectivity index (χ4n) is 2.29. The molecule has 1 atom stereocenters. The average molecular weight is 243 g/mol. The molecular formula is C14H13NOS. The van der Waals surface area contributed by atoms with E-state index < -0.39 is 0 Å². The lowest BCUT2D eigenvalue weighted by atomic mass is 9.94. The molecule has 1 aliphatic heterocycles. The van der Waals surface area contributed by atoms with E-state index in [4.69, 9.17) is 0 Å². The van der Waals surface area contributed by atoms with E-state index >= 15 is 0 Å². The zero-order chi connectivity index (χ0) is 11.7. The van der Waals surface area contributed by atoms with E-state index in [1.165, 1.54) is 0 Å². The van der Waals surface area contributed by atoms with Gasteiger partial charge in [-0.1, -0.05) is 18.2 Å². The molecule has 0 bridgehead atoms. The number of pyridine rings is 1. The average Bonchev–Trinajstić information content (AvgIpc) is 2.91. The summed E-state index contributed by atoms with van der Waals surface area (Å²) in [4.78, 5) is 16.5. The van der Waals surface area contributed by atoms with Crippen LogP contribution >= 0.6 is 11.8 Å². The lowest BCUT2D eigenvalue weighted by Crippen LogP contribution is -2.14. The normalized spacial score (nSPS) is 19.6. The van der Waals surface area contributed by atoms with Gasteiger partial charge in [0.15, 0.2) is 5.78 Å². The van der Waals surface area contributed by atoms with E-state index in [0.717, 1.165) is 34.3 Å². The van der Waals surface area contributed by atoms with Gasteiger partial charge in [-0.15, -0.1) is 0 Å². The first-order valence-corrected chi connectivity index (χ1v) is 6.96. The van der Waals surface area contributed by atoms with Crippen LogP contribution in [0.15, 0.2) is 36.7 Å². The van der Waals surface area contributed by atoms with Crippen molar-refractivity contribution in [1.29, 1.82) is 0 Å². The van der Waals surface area contributed by atoms with Crippen LogP contribution in [0, 0.1) is 5.92 Å². The zero-order valence-corrected chi connectivity index (χ0v) is 10.2. The van der Waals surface area contributed by atoms with Gasteiger partial charge < -0.3 is 0 Å². The second kappa shape index (κ2) is 4.49. The molecule has 0 amide bonds. The maximum Gasteiger partial charge on any atom is 0.167 e. The molecule has 0 saturated carbocycles. The second-order valence-electron chi connectivity index (χ2n) is 4.33. The Morgan fingerprint density at radius 2 is 2.29 bits per heavy atom. The van der Waals surface area contributed by atoms with Crippen molar-refractivity contribution in [3.63, 3.8) is 0 Å². The first kappa shape index (κ1) is 10.8. The number of carbonyl (C=O) groups excluding carboxylic acids is 1. The third-order valence-corrected chi connectivity index (χ3v) is 4.41. The summed E-state index contributed by atoms with van der Waals surface area (Å²) >= 11 is 1.87. The Labute approximate surface area is 104 Å². The van der Waals surface area contributed by atoms with Crippen LogP contribution < -0.4 is 0 Å². The summed E-state index contributed by atoms with van der Waals surface area (Å²) < 4.78 is 0. The van der Waals surface area contributed by atoms with Gasteiger partial charge in [0.05, 0.1) is 0 Å². The third kappa shape index (κ3) is 1.95. The van der Waals surface area contributed by atoms with Crippen molar-refractivity contribution in [3.05, 3.63) is 42.2 Å². The smallest absolute Gasteiger partial charge is 0.167 e. The van der Waals surface area contributed by atoms with Crippen molar-refractivity contribution in [1.82, 2.24) is 4.98 Å². The summed E-state index contributed by atoms with van der Waals surface area (Å²) in [7, 11) is 0. The molecule has 2 heterocycles. The van der Waals surface area contributed by atoms with Gasteiger partial charge in [-0.05, 0) is 23.6 Å². The minimum Gasteiger partial charge on any atom is -0.294 e. The molecule has 3 heteroatoms. The fraction of sp³-hybridized carbons (Fsp3) is 0.286. The Bertz CT molecular complexity index is 556. The Hall–Kier alpha value is -1.35. The number of carbonyl (C=O) groups is 1. The molecule has 1 aliphatic rings. The highest BCUT2D eigenvalue weighted by Gasteiger charge is 2.25. The monoisotopic (exact) mass is 243 g/mol. The van der Waals surface area contributed by atoms with Gasteiger partial charge in [0, 0.05) is 35.0 Å². The van der Waals surface area contributed by atoms with Crippen LogP contribution in [0.1, 0.15) is 16.8 Å². The summed E-state index contributed by atoms with van der Waals surface area (Å²) in [5.41, 5.74) is 0.836. The number of nitrogens with zero attached hydrogens (tertiary/aromatic N) is 1. The van der Waals surface area contributed by atoms with Crippen molar-refractivity contribution in [2.75, 3.05) is 11.5 Å². The van der Waals surface area contributed by atoms with Crippen molar-refractivity contribution in [3.8, 4) is 0 Å². The predicted molar refractivity (Wildman–Crippen MR) is 71.5 cm³/mol. The molecule has 0 aliphatic carbocycles. The maximum atomic E-state index is 12.4. The van der Waals surface area contributed by atoms with Crippen LogP contribution in [0.2, 0.25) is 0 Å². The Balaban J connectivity index is 2.07. The highest BCUT2D eigenvalue weighted by molar-refractivity contribution is 7.99. The van der Waals surface area contributed by atoms with Crippen molar-refractivity contribution < 1.29 is 4.79 Å². The number of fused-ring (bicyclic) bond motifs is 1. The Morgan fingerprint density at radius 3 is 3.12 bits per heavy atom. The number of benzene rings is 1. The Kier molecular flexibility index (Phi) is 2.85. The van der Waals surface area contributed by atoms with E-state index in [2.05, 4.69) is 4.98 Å². The SMILES string of the molecule is O=C(c1cccc2ccncc12)C1CCSC1. The lowest BCUT2D eigenvalue weighted by molar-refractivity contribution is 0.0935. The Morgan fingerprint density at radius 1 is 1.35 bits per heavy atom. The zero-order valence-electron chi connectivity index (χ0n) is 9.43. The first-order valence-electron chi connectivity index (χ1n) is 5.81. The molecule has 2 aromatic rings. The van der Waals surface area contributed by atoms with E-state index in [9.17, 15) is 4.79 Å². The second-order valence-corrected chi connectivity index (χ2v) is 5.48. The molecular weight excluding hydrogens is 230 g/mol. The number of Topliss-reactive ketones (excluding diaryl/α,β-unsaturated/α-hetero) is 1. The van der Waals surface area contributed by atoms with Crippen molar-refractivity contribution in [2.24, 2.45) is 5.92 Å². The highest BCUT2D eigenvalue weighted by atomic mass is 32.2. The van der Waals surface area contributed by atoms with Crippen LogP contribution in [-0.4, -0.2) is 22.3 Å². The number of thioether (sulfide) groups is 1. The van der Waals surface area contributed by atoms with Gasteiger partial charge >= 0.3 is 0 Å². The topological polar surface area (TPSA) is 30.0 Å². The molecule has 86 valence electrons. The van der Waals surface area contributed by atoms with Crippen LogP contribution in [-0.2, 0) is 0 Å². The summed E-state index contributed by atoms with van der Waals surface area (Å²) in [6, 6.07) is 7.86. The largest absolute Gasteiger partial charge is 0.294 e. The molecule has 2 nitrogen and oxygen atoms in total. The minimum absolute atomic E-state index is 0.200. The number of ketones is 1. The van der Waals surface area contributed by atoms with Gasteiger partial charge in [0.2, 0.25) is 0 Å². The quantitative estimate of drug-likeness (QED) is 0.759. The molecule has 1 saturated heterocycles. The van der Waals surface area contributed by atoms with Gasteiger partial charge in [-0.25, -0.2) is 0 Å². The van der Waals surface area contributed by atoms with Crippen LogP contribution in [0.4, 0.5) is 0 Å². The summed E-state index contributed by atoms with van der Waals surface area (Å²) in [6.07, 6.45) is 4.58. The molecule has 3 rings (SSSR count). The molecule has 1 unspecified atom stereocenters. The van der Waals surface area contributed by atoms with Gasteiger partial charge in [-0.2, -0.15) is 11.8 Å².